The van der Waals surface area contributed by atoms with E-state index in [1.165, 1.54) is 6.92 Å². The Hall–Kier alpha value is -2.21. The summed E-state index contributed by atoms with van der Waals surface area (Å²) in [6.45, 7) is 6.12. The first kappa shape index (κ1) is 18.8. The number of carbonyl (C=O) groups is 3. The molecule has 0 bridgehead atoms. The molecule has 0 saturated carbocycles. The van der Waals surface area contributed by atoms with Gasteiger partial charge >= 0.3 is 0 Å². The maximum atomic E-state index is 12.3. The van der Waals surface area contributed by atoms with E-state index >= 15 is 0 Å². The normalized spacial score (nSPS) is 13.0. The van der Waals surface area contributed by atoms with Crippen LogP contribution >= 0.6 is 0 Å². The number of amides is 2. The van der Waals surface area contributed by atoms with Gasteiger partial charge in [-0.2, -0.15) is 0 Å². The molecule has 0 aromatic heterocycles. The number of anilines is 1. The van der Waals surface area contributed by atoms with Gasteiger partial charge in [0.25, 0.3) is 11.8 Å². The standard InChI is InChI=1S/C17H25N3O3/c1-5-9-18-16(22)11-20(4)12(2)17(23)19-15-8-6-7-14(10-15)13(3)21/h6-8,10,12H,5,9,11H2,1-4H3,(H,18,22)(H,19,23)/p+1/t12-/m0/s1. The van der Waals surface area contributed by atoms with Crippen molar-refractivity contribution in [3.8, 4) is 0 Å². The highest BCUT2D eigenvalue weighted by molar-refractivity contribution is 5.98. The number of benzene rings is 1. The number of carbonyl (C=O) groups excluding carboxylic acids is 3. The summed E-state index contributed by atoms with van der Waals surface area (Å²) in [5.41, 5.74) is 1.13. The van der Waals surface area contributed by atoms with Crippen molar-refractivity contribution in [1.29, 1.82) is 0 Å². The first-order chi connectivity index (χ1) is 10.8. The van der Waals surface area contributed by atoms with E-state index in [0.29, 0.717) is 17.8 Å². The Labute approximate surface area is 137 Å². The van der Waals surface area contributed by atoms with Crippen molar-refractivity contribution in [2.45, 2.75) is 33.2 Å². The highest BCUT2D eigenvalue weighted by Crippen LogP contribution is 2.11. The van der Waals surface area contributed by atoms with Gasteiger partial charge in [-0.3, -0.25) is 14.4 Å². The number of quaternary nitrogens is 1. The van der Waals surface area contributed by atoms with Crippen molar-refractivity contribution in [1.82, 2.24) is 5.32 Å². The minimum absolute atomic E-state index is 0.0514. The summed E-state index contributed by atoms with van der Waals surface area (Å²) in [6, 6.07) is 6.43. The minimum Gasteiger partial charge on any atom is -0.351 e. The molecule has 1 rings (SSSR count). The van der Waals surface area contributed by atoms with Crippen molar-refractivity contribution in [3.63, 3.8) is 0 Å². The number of hydrogen-bond acceptors (Lipinski definition) is 3. The third kappa shape index (κ3) is 6.20. The molecule has 1 aromatic carbocycles. The van der Waals surface area contributed by atoms with Crippen LogP contribution in [0.5, 0.6) is 0 Å². The van der Waals surface area contributed by atoms with Gasteiger partial charge < -0.3 is 15.5 Å². The molecule has 126 valence electrons. The van der Waals surface area contributed by atoms with E-state index in [0.717, 1.165) is 11.3 Å². The van der Waals surface area contributed by atoms with Gasteiger partial charge in [-0.15, -0.1) is 0 Å². The second-order valence-electron chi connectivity index (χ2n) is 5.72. The van der Waals surface area contributed by atoms with Crippen LogP contribution in [0, 0.1) is 0 Å². The lowest BCUT2D eigenvalue weighted by molar-refractivity contribution is -0.885. The van der Waals surface area contributed by atoms with Crippen LogP contribution in [0.3, 0.4) is 0 Å². The zero-order chi connectivity index (χ0) is 17.4. The van der Waals surface area contributed by atoms with E-state index < -0.39 is 0 Å². The fourth-order valence-corrected chi connectivity index (χ4v) is 2.02. The van der Waals surface area contributed by atoms with Crippen LogP contribution in [0.25, 0.3) is 0 Å². The lowest BCUT2D eigenvalue weighted by Crippen LogP contribution is -3.15. The SMILES string of the molecule is CCCNC(=O)C[NH+](C)[C@@H](C)C(=O)Nc1cccc(C(C)=O)c1. The van der Waals surface area contributed by atoms with E-state index in [1.54, 1.807) is 31.2 Å². The average molecular weight is 320 g/mol. The van der Waals surface area contributed by atoms with Crippen LogP contribution in [0.2, 0.25) is 0 Å². The number of Topliss-reactive ketones (excluding diaryl/α,β-unsaturated/α-hetero) is 1. The van der Waals surface area contributed by atoms with E-state index in [1.807, 2.05) is 14.0 Å². The number of likely N-dealkylation sites (N-methyl/N-ethyl adjacent to an activating group) is 1. The van der Waals surface area contributed by atoms with E-state index in [2.05, 4.69) is 10.6 Å². The first-order valence-corrected chi connectivity index (χ1v) is 7.86. The van der Waals surface area contributed by atoms with Crippen molar-refractivity contribution in [2.75, 3.05) is 25.5 Å². The molecule has 6 heteroatoms. The molecule has 23 heavy (non-hydrogen) atoms. The predicted molar refractivity (Wildman–Crippen MR) is 89.6 cm³/mol. The average Bonchev–Trinajstić information content (AvgIpc) is 2.52. The second-order valence-corrected chi connectivity index (χ2v) is 5.72. The van der Waals surface area contributed by atoms with Gasteiger partial charge in [-0.05, 0) is 32.4 Å². The van der Waals surface area contributed by atoms with Gasteiger partial charge in [-0.25, -0.2) is 0 Å². The highest BCUT2D eigenvalue weighted by Gasteiger charge is 2.23. The summed E-state index contributed by atoms with van der Waals surface area (Å²) in [7, 11) is 1.81. The lowest BCUT2D eigenvalue weighted by Gasteiger charge is -2.20. The molecule has 0 aliphatic rings. The molecule has 0 fully saturated rings. The van der Waals surface area contributed by atoms with Crippen LogP contribution < -0.4 is 15.5 Å². The molecule has 0 spiro atoms. The Morgan fingerprint density at radius 2 is 1.96 bits per heavy atom. The topological polar surface area (TPSA) is 79.7 Å². The molecule has 0 radical (unpaired) electrons. The summed E-state index contributed by atoms with van der Waals surface area (Å²) in [5, 5.41) is 5.59. The molecule has 3 N–H and O–H groups in total. The molecule has 2 amide bonds. The number of nitrogens with one attached hydrogen (secondary N) is 3. The van der Waals surface area contributed by atoms with E-state index in [9.17, 15) is 14.4 Å². The van der Waals surface area contributed by atoms with Gasteiger partial charge in [0.05, 0.1) is 7.05 Å². The van der Waals surface area contributed by atoms with Crippen molar-refractivity contribution >= 4 is 23.3 Å². The van der Waals surface area contributed by atoms with Crippen molar-refractivity contribution < 1.29 is 19.3 Å². The van der Waals surface area contributed by atoms with Crippen LogP contribution in [0.1, 0.15) is 37.6 Å². The van der Waals surface area contributed by atoms with Gasteiger partial charge in [0, 0.05) is 17.8 Å². The molecule has 6 nitrogen and oxygen atoms in total. The van der Waals surface area contributed by atoms with Crippen molar-refractivity contribution in [3.05, 3.63) is 29.8 Å². The molecule has 0 heterocycles. The largest absolute Gasteiger partial charge is 0.351 e. The zero-order valence-electron chi connectivity index (χ0n) is 14.2. The van der Waals surface area contributed by atoms with E-state index in [4.69, 9.17) is 0 Å². The third-order valence-corrected chi connectivity index (χ3v) is 3.68. The van der Waals surface area contributed by atoms with Crippen molar-refractivity contribution in [2.24, 2.45) is 0 Å². The summed E-state index contributed by atoms with van der Waals surface area (Å²) in [4.78, 5) is 36.2. The molecule has 0 aliphatic heterocycles. The summed E-state index contributed by atoms with van der Waals surface area (Å²) < 4.78 is 0. The second kappa shape index (κ2) is 9.05. The third-order valence-electron chi connectivity index (χ3n) is 3.68. The molecular formula is C17H26N3O3+. The minimum atomic E-state index is -0.386. The van der Waals surface area contributed by atoms with Crippen LogP contribution in [0.15, 0.2) is 24.3 Å². The van der Waals surface area contributed by atoms with E-state index in [-0.39, 0.29) is 30.2 Å². The molecule has 2 atom stereocenters. The molecule has 1 aromatic rings. The molecule has 0 aliphatic carbocycles. The Bertz CT molecular complexity index is 572. The van der Waals surface area contributed by atoms with Crippen LogP contribution in [-0.2, 0) is 9.59 Å². The number of hydrogen-bond donors (Lipinski definition) is 3. The summed E-state index contributed by atoms with van der Waals surface area (Å²) >= 11 is 0. The quantitative estimate of drug-likeness (QED) is 0.601. The fraction of sp³-hybridized carbons (Fsp3) is 0.471. The Morgan fingerprint density at radius 1 is 1.26 bits per heavy atom. The van der Waals surface area contributed by atoms with Gasteiger partial charge in [-0.1, -0.05) is 19.1 Å². The van der Waals surface area contributed by atoms with Crippen LogP contribution in [-0.4, -0.2) is 43.8 Å². The maximum absolute atomic E-state index is 12.3. The Balaban J connectivity index is 2.61. The maximum Gasteiger partial charge on any atom is 0.282 e. The zero-order valence-corrected chi connectivity index (χ0v) is 14.2. The molecule has 0 saturated heterocycles. The summed E-state index contributed by atoms with van der Waals surface area (Å²) in [5.74, 6) is -0.307. The predicted octanol–water partition coefficient (Wildman–Crippen LogP) is 0.257. The van der Waals surface area contributed by atoms with Gasteiger partial charge in [0.1, 0.15) is 0 Å². The molecular weight excluding hydrogens is 294 g/mol. The lowest BCUT2D eigenvalue weighted by atomic mass is 10.1. The fourth-order valence-electron chi connectivity index (χ4n) is 2.02. The Morgan fingerprint density at radius 3 is 2.57 bits per heavy atom. The molecule has 1 unspecified atom stereocenters. The van der Waals surface area contributed by atoms with Gasteiger partial charge in [0.2, 0.25) is 0 Å². The monoisotopic (exact) mass is 320 g/mol. The van der Waals surface area contributed by atoms with Gasteiger partial charge in [0.15, 0.2) is 18.4 Å². The number of rotatable bonds is 8. The Kier molecular flexibility index (Phi) is 7.41. The number of ketones is 1. The summed E-state index contributed by atoms with van der Waals surface area (Å²) in [6.07, 6.45) is 0.882. The van der Waals surface area contributed by atoms with Crippen LogP contribution in [0.4, 0.5) is 5.69 Å². The first-order valence-electron chi connectivity index (χ1n) is 7.86. The highest BCUT2D eigenvalue weighted by atomic mass is 16.2. The smallest absolute Gasteiger partial charge is 0.282 e.